The van der Waals surface area contributed by atoms with Gasteiger partial charge in [0.25, 0.3) is 0 Å². The molecule has 374 valence electrons. The number of aliphatic hydroxyl groups is 5. The minimum absolute atomic E-state index is 0.137. The number of carbonyl (C=O) groups is 1. The highest BCUT2D eigenvalue weighted by Crippen LogP contribution is 2.23. The molecular formula is C54H105NO8. The van der Waals surface area contributed by atoms with Crippen molar-refractivity contribution >= 4 is 5.91 Å². The first-order valence-corrected chi connectivity index (χ1v) is 27.4. The third kappa shape index (κ3) is 34.8. The van der Waals surface area contributed by atoms with E-state index in [1.54, 1.807) is 0 Å². The summed E-state index contributed by atoms with van der Waals surface area (Å²) in [4.78, 5) is 13.0. The van der Waals surface area contributed by atoms with Crippen molar-refractivity contribution in [3.05, 3.63) is 12.2 Å². The average molecular weight is 896 g/mol. The smallest absolute Gasteiger partial charge is 0.220 e. The SMILES string of the molecule is CCCCCCCCC/C=C\CCCCCCCC(=O)NC(COC1OC(CO)C(O)C(O)C1O)C(O)CCCCCCCCCCCCCCCCCCCCCCCCCC. The fourth-order valence-corrected chi connectivity index (χ4v) is 8.98. The zero-order chi connectivity index (χ0) is 45.9. The first kappa shape index (κ1) is 59.9. The molecule has 1 heterocycles. The molecule has 1 amide bonds. The molecule has 0 bridgehead atoms. The number of rotatable bonds is 47. The molecule has 0 spiro atoms. The van der Waals surface area contributed by atoms with E-state index in [0.717, 1.165) is 51.4 Å². The molecule has 9 heteroatoms. The molecule has 0 aromatic heterocycles. The second-order valence-corrected chi connectivity index (χ2v) is 19.4. The molecule has 0 aromatic carbocycles. The normalized spacial score (nSPS) is 20.1. The van der Waals surface area contributed by atoms with Crippen molar-refractivity contribution in [3.63, 3.8) is 0 Å². The van der Waals surface area contributed by atoms with Crippen molar-refractivity contribution in [2.75, 3.05) is 13.2 Å². The van der Waals surface area contributed by atoms with Crippen LogP contribution in [0, 0.1) is 0 Å². The zero-order valence-corrected chi connectivity index (χ0v) is 41.4. The van der Waals surface area contributed by atoms with Crippen molar-refractivity contribution in [2.24, 2.45) is 0 Å². The van der Waals surface area contributed by atoms with Gasteiger partial charge in [-0.15, -0.1) is 0 Å². The summed E-state index contributed by atoms with van der Waals surface area (Å²) in [5.74, 6) is -0.149. The molecule has 0 radical (unpaired) electrons. The van der Waals surface area contributed by atoms with E-state index >= 15 is 0 Å². The molecule has 1 aliphatic heterocycles. The number of carbonyl (C=O) groups excluding carboxylic acids is 1. The van der Waals surface area contributed by atoms with Gasteiger partial charge in [0.15, 0.2) is 6.29 Å². The van der Waals surface area contributed by atoms with Crippen LogP contribution in [0.1, 0.15) is 271 Å². The predicted octanol–water partition coefficient (Wildman–Crippen LogP) is 12.8. The summed E-state index contributed by atoms with van der Waals surface area (Å²) in [6.07, 6.45) is 46.6. The van der Waals surface area contributed by atoms with Crippen LogP contribution in [0.25, 0.3) is 0 Å². The van der Waals surface area contributed by atoms with Gasteiger partial charge in [-0.25, -0.2) is 0 Å². The van der Waals surface area contributed by atoms with Gasteiger partial charge in [-0.3, -0.25) is 4.79 Å². The maximum absolute atomic E-state index is 13.0. The first-order valence-electron chi connectivity index (χ1n) is 27.4. The van der Waals surface area contributed by atoms with E-state index in [9.17, 15) is 30.3 Å². The molecule has 63 heavy (non-hydrogen) atoms. The van der Waals surface area contributed by atoms with Gasteiger partial charge in [-0.05, 0) is 38.5 Å². The number of amides is 1. The van der Waals surface area contributed by atoms with E-state index < -0.39 is 49.5 Å². The second kappa shape index (κ2) is 44.7. The van der Waals surface area contributed by atoms with Crippen LogP contribution in [-0.2, 0) is 14.3 Å². The number of hydrogen-bond acceptors (Lipinski definition) is 8. The number of allylic oxidation sites excluding steroid dienone is 2. The van der Waals surface area contributed by atoms with Crippen LogP contribution in [0.5, 0.6) is 0 Å². The monoisotopic (exact) mass is 896 g/mol. The minimum atomic E-state index is -1.55. The van der Waals surface area contributed by atoms with Crippen LogP contribution in [0.3, 0.4) is 0 Å². The largest absolute Gasteiger partial charge is 0.394 e. The predicted molar refractivity (Wildman–Crippen MR) is 263 cm³/mol. The fourth-order valence-electron chi connectivity index (χ4n) is 8.98. The molecule has 6 N–H and O–H groups in total. The molecule has 0 saturated carbocycles. The zero-order valence-electron chi connectivity index (χ0n) is 41.4. The molecule has 1 fully saturated rings. The molecule has 0 aliphatic carbocycles. The number of nitrogens with one attached hydrogen (secondary N) is 1. The van der Waals surface area contributed by atoms with Gasteiger partial charge in [0.2, 0.25) is 5.91 Å². The van der Waals surface area contributed by atoms with Crippen molar-refractivity contribution in [2.45, 2.75) is 314 Å². The second-order valence-electron chi connectivity index (χ2n) is 19.4. The van der Waals surface area contributed by atoms with Gasteiger partial charge in [-0.2, -0.15) is 0 Å². The number of ether oxygens (including phenoxy) is 2. The maximum atomic E-state index is 13.0. The summed E-state index contributed by atoms with van der Waals surface area (Å²) < 4.78 is 11.3. The summed E-state index contributed by atoms with van der Waals surface area (Å²) in [6.45, 7) is 3.86. The molecule has 0 aromatic rings. The van der Waals surface area contributed by atoms with Crippen LogP contribution in [0.4, 0.5) is 0 Å². The highest BCUT2D eigenvalue weighted by molar-refractivity contribution is 5.76. The average Bonchev–Trinajstić information content (AvgIpc) is 3.28. The van der Waals surface area contributed by atoms with Gasteiger partial charge < -0.3 is 40.3 Å². The Kier molecular flexibility index (Phi) is 42.6. The Labute approximate surface area is 388 Å². The Hall–Kier alpha value is -1.07. The van der Waals surface area contributed by atoms with Gasteiger partial charge in [0, 0.05) is 6.42 Å². The van der Waals surface area contributed by atoms with Crippen LogP contribution < -0.4 is 5.32 Å². The summed E-state index contributed by atoms with van der Waals surface area (Å²) in [5, 5.41) is 54.6. The molecule has 9 nitrogen and oxygen atoms in total. The fraction of sp³-hybridized carbons (Fsp3) is 0.944. The molecule has 1 aliphatic rings. The van der Waals surface area contributed by atoms with E-state index in [1.165, 1.54) is 193 Å². The van der Waals surface area contributed by atoms with E-state index in [1.807, 2.05) is 0 Å². The number of aliphatic hydroxyl groups excluding tert-OH is 5. The van der Waals surface area contributed by atoms with E-state index in [4.69, 9.17) is 9.47 Å². The first-order chi connectivity index (χ1) is 30.8. The lowest BCUT2D eigenvalue weighted by Crippen LogP contribution is -2.60. The lowest BCUT2D eigenvalue weighted by molar-refractivity contribution is -0.302. The third-order valence-electron chi connectivity index (χ3n) is 13.4. The summed E-state index contributed by atoms with van der Waals surface area (Å²) in [7, 11) is 0. The van der Waals surface area contributed by atoms with Crippen molar-refractivity contribution < 1.29 is 39.8 Å². The summed E-state index contributed by atoms with van der Waals surface area (Å²) in [5.41, 5.74) is 0. The Bertz CT molecular complexity index is 997. The van der Waals surface area contributed by atoms with E-state index in [-0.39, 0.29) is 12.5 Å². The Morgan fingerprint density at radius 1 is 0.524 bits per heavy atom. The molecule has 1 rings (SSSR count). The van der Waals surface area contributed by atoms with Crippen molar-refractivity contribution in [1.29, 1.82) is 0 Å². The third-order valence-corrected chi connectivity index (χ3v) is 13.4. The van der Waals surface area contributed by atoms with Crippen LogP contribution in [0.2, 0.25) is 0 Å². The molecule has 7 atom stereocenters. The van der Waals surface area contributed by atoms with Crippen LogP contribution >= 0.6 is 0 Å². The lowest BCUT2D eigenvalue weighted by Gasteiger charge is -2.40. The van der Waals surface area contributed by atoms with Gasteiger partial charge >= 0.3 is 0 Å². The Morgan fingerprint density at radius 3 is 1.29 bits per heavy atom. The Morgan fingerprint density at radius 2 is 0.889 bits per heavy atom. The topological polar surface area (TPSA) is 149 Å². The molecular weight excluding hydrogens is 791 g/mol. The number of unbranched alkanes of at least 4 members (excludes halogenated alkanes) is 35. The van der Waals surface area contributed by atoms with Crippen LogP contribution in [0.15, 0.2) is 12.2 Å². The van der Waals surface area contributed by atoms with Gasteiger partial charge in [-0.1, -0.05) is 238 Å². The van der Waals surface area contributed by atoms with Crippen LogP contribution in [-0.4, -0.2) is 87.5 Å². The van der Waals surface area contributed by atoms with E-state index in [0.29, 0.717) is 12.8 Å². The highest BCUT2D eigenvalue weighted by Gasteiger charge is 2.44. The van der Waals surface area contributed by atoms with Gasteiger partial charge in [0.05, 0.1) is 25.4 Å². The summed E-state index contributed by atoms with van der Waals surface area (Å²) >= 11 is 0. The lowest BCUT2D eigenvalue weighted by atomic mass is 9.99. The highest BCUT2D eigenvalue weighted by atomic mass is 16.7. The van der Waals surface area contributed by atoms with Crippen molar-refractivity contribution in [3.8, 4) is 0 Å². The minimum Gasteiger partial charge on any atom is -0.394 e. The molecule has 1 saturated heterocycles. The van der Waals surface area contributed by atoms with Gasteiger partial charge in [0.1, 0.15) is 24.4 Å². The maximum Gasteiger partial charge on any atom is 0.220 e. The Balaban J connectivity index is 2.22. The standard InChI is InChI=1S/C54H105NO8/c1-3-5-7-9-11-13-15-17-19-21-22-23-24-25-26-27-28-29-31-33-35-37-39-41-43-48(57)47(46-62-54-53(61)52(60)51(59)49(45-56)63-54)55-50(58)44-42-40-38-36-34-32-30-20-18-16-14-12-10-8-6-4-2/h20,30,47-49,51-54,56-57,59-61H,3-19,21-29,31-46H2,1-2H3,(H,55,58)/b30-20-. The van der Waals surface area contributed by atoms with E-state index in [2.05, 4.69) is 31.3 Å². The summed E-state index contributed by atoms with van der Waals surface area (Å²) in [6, 6.07) is -0.720. The quantitative estimate of drug-likeness (QED) is 0.0261. The number of hydrogen-bond donors (Lipinski definition) is 6. The molecule has 7 unspecified atom stereocenters. The van der Waals surface area contributed by atoms with Crippen molar-refractivity contribution in [1.82, 2.24) is 5.32 Å².